The molecule has 144 valence electrons. The van der Waals surface area contributed by atoms with Gasteiger partial charge in [0.05, 0.1) is 5.69 Å². The molecular weight excluding hydrogens is 370 g/mol. The molecule has 5 nitrogen and oxygen atoms in total. The zero-order valence-corrected chi connectivity index (χ0v) is 17.0. The molecule has 0 aliphatic rings. The van der Waals surface area contributed by atoms with Gasteiger partial charge in [-0.05, 0) is 18.1 Å². The third kappa shape index (κ3) is 4.64. The van der Waals surface area contributed by atoms with Crippen LogP contribution in [-0.4, -0.2) is 35.8 Å². The smallest absolute Gasteiger partial charge is 0.265 e. The van der Waals surface area contributed by atoms with Crippen LogP contribution in [0.2, 0.25) is 0 Å². The Morgan fingerprint density at radius 2 is 1.54 bits per heavy atom. The summed E-state index contributed by atoms with van der Waals surface area (Å²) in [6.07, 6.45) is 0.295. The third-order valence-corrected chi connectivity index (χ3v) is 5.50. The average molecular weight is 394 g/mol. The highest BCUT2D eigenvalue weighted by Gasteiger charge is 2.21. The highest BCUT2D eigenvalue weighted by molar-refractivity contribution is 7.17. The van der Waals surface area contributed by atoms with E-state index in [0.717, 1.165) is 11.1 Å². The van der Waals surface area contributed by atoms with E-state index in [4.69, 9.17) is 0 Å². The molecule has 0 spiro atoms. The number of carbonyl (C=O) groups excluding carboxylic acids is 2. The lowest BCUT2D eigenvalue weighted by Gasteiger charge is -2.17. The minimum absolute atomic E-state index is 0.0497. The standard InChI is InChI=1S/C22H23N3O2S/c1-15-20(21(27)25(2)3)28-22(23-15)24-19(26)14-18(16-10-6-4-7-11-16)17-12-8-5-9-13-17/h4-13,18H,14H2,1-3H3,(H,23,24,26). The number of carbonyl (C=O) groups is 2. The van der Waals surface area contributed by atoms with Gasteiger partial charge < -0.3 is 10.2 Å². The summed E-state index contributed by atoms with van der Waals surface area (Å²) >= 11 is 1.21. The first-order valence-corrected chi connectivity index (χ1v) is 9.86. The molecule has 0 aliphatic heterocycles. The number of anilines is 1. The van der Waals surface area contributed by atoms with E-state index in [1.807, 2.05) is 60.7 Å². The number of amides is 2. The lowest BCUT2D eigenvalue weighted by molar-refractivity contribution is -0.116. The van der Waals surface area contributed by atoms with Crippen molar-refractivity contribution < 1.29 is 9.59 Å². The Hall–Kier alpha value is -2.99. The molecule has 0 unspecified atom stereocenters. The van der Waals surface area contributed by atoms with Gasteiger partial charge in [0, 0.05) is 26.4 Å². The number of nitrogens with zero attached hydrogens (tertiary/aromatic N) is 2. The number of rotatable bonds is 6. The van der Waals surface area contributed by atoms with Gasteiger partial charge in [-0.2, -0.15) is 0 Å². The Labute approximate surface area is 169 Å². The van der Waals surface area contributed by atoms with Crippen molar-refractivity contribution in [3.8, 4) is 0 Å². The molecular formula is C22H23N3O2S. The molecule has 28 heavy (non-hydrogen) atoms. The van der Waals surface area contributed by atoms with Crippen molar-refractivity contribution in [1.82, 2.24) is 9.88 Å². The number of aryl methyl sites for hydroxylation is 1. The second kappa shape index (κ2) is 8.80. The van der Waals surface area contributed by atoms with Gasteiger partial charge in [-0.1, -0.05) is 72.0 Å². The van der Waals surface area contributed by atoms with Gasteiger partial charge >= 0.3 is 0 Å². The Balaban J connectivity index is 1.78. The number of benzene rings is 2. The first-order chi connectivity index (χ1) is 13.5. The SMILES string of the molecule is Cc1nc(NC(=O)CC(c2ccccc2)c2ccccc2)sc1C(=O)N(C)C. The molecule has 3 rings (SSSR count). The van der Waals surface area contributed by atoms with E-state index in [1.54, 1.807) is 21.0 Å². The molecule has 0 bridgehead atoms. The van der Waals surface area contributed by atoms with Gasteiger partial charge in [0.25, 0.3) is 5.91 Å². The zero-order valence-electron chi connectivity index (χ0n) is 16.2. The summed E-state index contributed by atoms with van der Waals surface area (Å²) in [5.74, 6) is -0.288. The number of nitrogens with one attached hydrogen (secondary N) is 1. The summed E-state index contributed by atoms with van der Waals surface area (Å²) in [7, 11) is 3.40. The summed E-state index contributed by atoms with van der Waals surface area (Å²) < 4.78 is 0. The first-order valence-electron chi connectivity index (χ1n) is 9.04. The Morgan fingerprint density at radius 3 is 2.04 bits per heavy atom. The molecule has 0 atom stereocenters. The van der Waals surface area contributed by atoms with Crippen molar-refractivity contribution in [2.75, 3.05) is 19.4 Å². The molecule has 0 fully saturated rings. The fourth-order valence-electron chi connectivity index (χ4n) is 3.01. The van der Waals surface area contributed by atoms with Crippen LogP contribution in [0.3, 0.4) is 0 Å². The van der Waals surface area contributed by atoms with Crippen molar-refractivity contribution in [3.05, 3.63) is 82.4 Å². The number of aromatic nitrogens is 1. The van der Waals surface area contributed by atoms with Crippen LogP contribution < -0.4 is 5.32 Å². The van der Waals surface area contributed by atoms with Gasteiger partial charge in [-0.25, -0.2) is 4.98 Å². The number of hydrogen-bond donors (Lipinski definition) is 1. The maximum atomic E-state index is 12.8. The fraction of sp³-hybridized carbons (Fsp3) is 0.227. The predicted molar refractivity (Wildman–Crippen MR) is 113 cm³/mol. The first kappa shape index (κ1) is 19.8. The number of hydrogen-bond acceptors (Lipinski definition) is 4. The van der Waals surface area contributed by atoms with Crippen LogP contribution in [0.15, 0.2) is 60.7 Å². The highest BCUT2D eigenvalue weighted by atomic mass is 32.1. The number of thiazole rings is 1. The van der Waals surface area contributed by atoms with E-state index in [2.05, 4.69) is 10.3 Å². The Morgan fingerprint density at radius 1 is 1.00 bits per heavy atom. The predicted octanol–water partition coefficient (Wildman–Crippen LogP) is 4.31. The van der Waals surface area contributed by atoms with Crippen molar-refractivity contribution in [2.45, 2.75) is 19.3 Å². The highest BCUT2D eigenvalue weighted by Crippen LogP contribution is 2.29. The van der Waals surface area contributed by atoms with Crippen molar-refractivity contribution >= 4 is 28.3 Å². The van der Waals surface area contributed by atoms with Crippen molar-refractivity contribution in [2.24, 2.45) is 0 Å². The molecule has 1 heterocycles. The van der Waals surface area contributed by atoms with E-state index >= 15 is 0 Å². The molecule has 1 N–H and O–H groups in total. The second-order valence-electron chi connectivity index (χ2n) is 6.76. The molecule has 2 aromatic carbocycles. The van der Waals surface area contributed by atoms with Crippen LogP contribution in [0.4, 0.5) is 5.13 Å². The lowest BCUT2D eigenvalue weighted by atomic mass is 9.88. The molecule has 1 aromatic heterocycles. The largest absolute Gasteiger partial charge is 0.344 e. The van der Waals surface area contributed by atoms with E-state index in [0.29, 0.717) is 22.1 Å². The van der Waals surface area contributed by atoms with Gasteiger partial charge in [0.2, 0.25) is 5.91 Å². The van der Waals surface area contributed by atoms with Crippen molar-refractivity contribution in [1.29, 1.82) is 0 Å². The summed E-state index contributed by atoms with van der Waals surface area (Å²) in [6.45, 7) is 1.78. The molecule has 3 aromatic rings. The molecule has 2 amide bonds. The van der Waals surface area contributed by atoms with E-state index in [-0.39, 0.29) is 17.7 Å². The normalized spacial score (nSPS) is 10.7. The van der Waals surface area contributed by atoms with Crippen LogP contribution in [-0.2, 0) is 4.79 Å². The molecule has 0 aliphatic carbocycles. The van der Waals surface area contributed by atoms with Crippen LogP contribution in [0.1, 0.15) is 38.8 Å². The van der Waals surface area contributed by atoms with Crippen LogP contribution in [0, 0.1) is 6.92 Å². The van der Waals surface area contributed by atoms with E-state index in [1.165, 1.54) is 16.2 Å². The van der Waals surface area contributed by atoms with Gasteiger partial charge in [0.15, 0.2) is 5.13 Å². The molecule has 6 heteroatoms. The lowest BCUT2D eigenvalue weighted by Crippen LogP contribution is -2.21. The maximum Gasteiger partial charge on any atom is 0.265 e. The van der Waals surface area contributed by atoms with Gasteiger partial charge in [-0.3, -0.25) is 9.59 Å². The molecule has 0 radical (unpaired) electrons. The van der Waals surface area contributed by atoms with Crippen molar-refractivity contribution in [3.63, 3.8) is 0 Å². The van der Waals surface area contributed by atoms with Crippen LogP contribution in [0.5, 0.6) is 0 Å². The summed E-state index contributed by atoms with van der Waals surface area (Å²) in [5.41, 5.74) is 2.80. The maximum absolute atomic E-state index is 12.8. The minimum atomic E-state index is -0.129. The average Bonchev–Trinajstić information content (AvgIpc) is 3.06. The van der Waals surface area contributed by atoms with Gasteiger partial charge in [0.1, 0.15) is 4.88 Å². The van der Waals surface area contributed by atoms with Crippen LogP contribution in [0.25, 0.3) is 0 Å². The molecule has 0 saturated carbocycles. The Bertz CT molecular complexity index is 913. The summed E-state index contributed by atoms with van der Waals surface area (Å²) in [6, 6.07) is 20.0. The fourth-order valence-corrected chi connectivity index (χ4v) is 4.01. The Kier molecular flexibility index (Phi) is 6.21. The van der Waals surface area contributed by atoms with E-state index in [9.17, 15) is 9.59 Å². The summed E-state index contributed by atoms with van der Waals surface area (Å²) in [5, 5.41) is 3.32. The zero-order chi connectivity index (χ0) is 20.1. The summed E-state index contributed by atoms with van der Waals surface area (Å²) in [4.78, 5) is 31.3. The van der Waals surface area contributed by atoms with E-state index < -0.39 is 0 Å². The van der Waals surface area contributed by atoms with Crippen LogP contribution >= 0.6 is 11.3 Å². The topological polar surface area (TPSA) is 62.3 Å². The second-order valence-corrected chi connectivity index (χ2v) is 7.76. The third-order valence-electron chi connectivity index (χ3n) is 4.44. The quantitative estimate of drug-likeness (QED) is 0.679. The monoisotopic (exact) mass is 393 g/mol. The van der Waals surface area contributed by atoms with Gasteiger partial charge in [-0.15, -0.1) is 0 Å². The minimum Gasteiger partial charge on any atom is -0.344 e. The molecule has 0 saturated heterocycles.